The maximum Gasteiger partial charge on any atom is 0.328 e. The number of aliphatic carboxylic acids is 1. The number of carboxylic acid groups (broad SMARTS) is 1. The molecule has 0 bridgehead atoms. The summed E-state index contributed by atoms with van der Waals surface area (Å²) in [6.45, 7) is 3.76. The van der Waals surface area contributed by atoms with Crippen molar-refractivity contribution >= 4 is 11.8 Å². The summed E-state index contributed by atoms with van der Waals surface area (Å²) < 4.78 is 0. The highest BCUT2D eigenvalue weighted by Gasteiger charge is 2.23. The standard InChI is InChI=1S/C8H15NO3/c1-5(2)4-6(10)7(9-3)8(11)12/h5,7,9H,4H2,1-3H3,(H,11,12). The van der Waals surface area contributed by atoms with E-state index in [1.54, 1.807) is 0 Å². The summed E-state index contributed by atoms with van der Waals surface area (Å²) in [5.74, 6) is -1.17. The van der Waals surface area contributed by atoms with E-state index in [2.05, 4.69) is 5.32 Å². The van der Waals surface area contributed by atoms with Gasteiger partial charge >= 0.3 is 5.97 Å². The second-order valence-electron chi connectivity index (χ2n) is 3.12. The average molecular weight is 173 g/mol. The molecule has 70 valence electrons. The fourth-order valence-electron chi connectivity index (χ4n) is 0.942. The summed E-state index contributed by atoms with van der Waals surface area (Å²) in [5, 5.41) is 11.0. The number of rotatable bonds is 5. The van der Waals surface area contributed by atoms with Gasteiger partial charge < -0.3 is 10.4 Å². The number of ketones is 1. The van der Waals surface area contributed by atoms with E-state index in [0.717, 1.165) is 0 Å². The van der Waals surface area contributed by atoms with E-state index in [9.17, 15) is 9.59 Å². The Morgan fingerprint density at radius 1 is 1.42 bits per heavy atom. The first-order valence-corrected chi connectivity index (χ1v) is 3.91. The summed E-state index contributed by atoms with van der Waals surface area (Å²) in [6, 6.07) is -1.05. The lowest BCUT2D eigenvalue weighted by Gasteiger charge is -2.10. The maximum atomic E-state index is 11.2. The van der Waals surface area contributed by atoms with Gasteiger partial charge in [0.2, 0.25) is 0 Å². The van der Waals surface area contributed by atoms with Crippen LogP contribution < -0.4 is 5.32 Å². The molecule has 0 aromatic carbocycles. The van der Waals surface area contributed by atoms with Crippen LogP contribution in [0.5, 0.6) is 0 Å². The molecule has 1 unspecified atom stereocenters. The van der Waals surface area contributed by atoms with Gasteiger partial charge in [0.1, 0.15) is 0 Å². The number of carboxylic acids is 1. The van der Waals surface area contributed by atoms with Crippen molar-refractivity contribution in [3.63, 3.8) is 0 Å². The number of carbonyl (C=O) groups is 2. The van der Waals surface area contributed by atoms with Gasteiger partial charge in [-0.25, -0.2) is 0 Å². The zero-order valence-electron chi connectivity index (χ0n) is 7.63. The monoisotopic (exact) mass is 173 g/mol. The molecule has 0 aromatic rings. The molecule has 1 atom stereocenters. The minimum atomic E-state index is -1.11. The molecular formula is C8H15NO3. The predicted octanol–water partition coefficient (Wildman–Crippen LogP) is 0.274. The van der Waals surface area contributed by atoms with Crippen molar-refractivity contribution < 1.29 is 14.7 Å². The van der Waals surface area contributed by atoms with Crippen molar-refractivity contribution in [1.29, 1.82) is 0 Å². The molecule has 0 fully saturated rings. The molecule has 12 heavy (non-hydrogen) atoms. The van der Waals surface area contributed by atoms with Gasteiger partial charge in [0, 0.05) is 6.42 Å². The van der Waals surface area contributed by atoms with E-state index in [1.165, 1.54) is 7.05 Å². The molecule has 0 aliphatic carbocycles. The molecule has 0 heterocycles. The van der Waals surface area contributed by atoms with Crippen LogP contribution in [0.3, 0.4) is 0 Å². The second-order valence-corrected chi connectivity index (χ2v) is 3.12. The Balaban J connectivity index is 4.13. The van der Waals surface area contributed by atoms with E-state index in [-0.39, 0.29) is 11.7 Å². The number of Topliss-reactive ketones (excluding diaryl/α,β-unsaturated/α-hetero) is 1. The van der Waals surface area contributed by atoms with E-state index in [1.807, 2.05) is 13.8 Å². The summed E-state index contributed by atoms with van der Waals surface area (Å²) in [7, 11) is 1.47. The Labute approximate surface area is 72.0 Å². The number of hydrogen-bond donors (Lipinski definition) is 2. The van der Waals surface area contributed by atoms with E-state index in [4.69, 9.17) is 5.11 Å². The van der Waals surface area contributed by atoms with E-state index >= 15 is 0 Å². The van der Waals surface area contributed by atoms with Gasteiger partial charge in [0.05, 0.1) is 0 Å². The minimum absolute atomic E-state index is 0.202. The Morgan fingerprint density at radius 2 is 1.92 bits per heavy atom. The van der Waals surface area contributed by atoms with Crippen molar-refractivity contribution in [2.45, 2.75) is 26.3 Å². The average Bonchev–Trinajstić information content (AvgIpc) is 1.85. The molecule has 4 nitrogen and oxygen atoms in total. The van der Waals surface area contributed by atoms with Gasteiger partial charge in [0.25, 0.3) is 0 Å². The highest BCUT2D eigenvalue weighted by Crippen LogP contribution is 2.02. The van der Waals surface area contributed by atoms with Crippen LogP contribution in [-0.2, 0) is 9.59 Å². The zero-order chi connectivity index (χ0) is 9.72. The highest BCUT2D eigenvalue weighted by atomic mass is 16.4. The number of hydrogen-bond acceptors (Lipinski definition) is 3. The Morgan fingerprint density at radius 3 is 2.17 bits per heavy atom. The normalized spacial score (nSPS) is 13.0. The van der Waals surface area contributed by atoms with Gasteiger partial charge in [-0.3, -0.25) is 9.59 Å². The van der Waals surface area contributed by atoms with Crippen LogP contribution in [0, 0.1) is 5.92 Å². The van der Waals surface area contributed by atoms with Crippen molar-refractivity contribution in [3.05, 3.63) is 0 Å². The lowest BCUT2D eigenvalue weighted by molar-refractivity contribution is -0.143. The molecule has 2 N–H and O–H groups in total. The first kappa shape index (κ1) is 11.1. The second kappa shape index (κ2) is 4.87. The van der Waals surface area contributed by atoms with Crippen LogP contribution in [0.4, 0.5) is 0 Å². The topological polar surface area (TPSA) is 66.4 Å². The summed E-state index contributed by atoms with van der Waals surface area (Å²) >= 11 is 0. The third-order valence-corrected chi connectivity index (χ3v) is 1.47. The largest absolute Gasteiger partial charge is 0.480 e. The van der Waals surface area contributed by atoms with E-state index in [0.29, 0.717) is 6.42 Å². The van der Waals surface area contributed by atoms with Gasteiger partial charge in [-0.2, -0.15) is 0 Å². The highest BCUT2D eigenvalue weighted by molar-refractivity contribution is 6.02. The maximum absolute atomic E-state index is 11.2. The van der Waals surface area contributed by atoms with Crippen molar-refractivity contribution in [2.75, 3.05) is 7.05 Å². The van der Waals surface area contributed by atoms with Gasteiger partial charge in [-0.15, -0.1) is 0 Å². The Bertz CT molecular complexity index is 177. The molecule has 0 aliphatic heterocycles. The molecule has 4 heteroatoms. The zero-order valence-corrected chi connectivity index (χ0v) is 7.63. The molecule has 0 spiro atoms. The van der Waals surface area contributed by atoms with E-state index < -0.39 is 12.0 Å². The molecule has 0 saturated heterocycles. The predicted molar refractivity (Wildman–Crippen MR) is 44.9 cm³/mol. The summed E-state index contributed by atoms with van der Waals surface area (Å²) in [5.41, 5.74) is 0. The van der Waals surface area contributed by atoms with Crippen molar-refractivity contribution in [2.24, 2.45) is 5.92 Å². The Hall–Kier alpha value is -0.900. The molecular weight excluding hydrogens is 158 g/mol. The third kappa shape index (κ3) is 3.48. The fraction of sp³-hybridized carbons (Fsp3) is 0.750. The lowest BCUT2D eigenvalue weighted by atomic mass is 10.0. The SMILES string of the molecule is CNC(C(=O)O)C(=O)CC(C)C. The van der Waals surface area contributed by atoms with Crippen molar-refractivity contribution in [1.82, 2.24) is 5.32 Å². The third-order valence-electron chi connectivity index (χ3n) is 1.47. The molecule has 0 radical (unpaired) electrons. The number of carbonyl (C=O) groups excluding carboxylic acids is 1. The number of nitrogens with one attached hydrogen (secondary N) is 1. The summed E-state index contributed by atoms with van der Waals surface area (Å²) in [6.07, 6.45) is 0.303. The van der Waals surface area contributed by atoms with Crippen LogP contribution in [0.1, 0.15) is 20.3 Å². The van der Waals surface area contributed by atoms with Crippen LogP contribution in [-0.4, -0.2) is 29.9 Å². The molecule has 0 amide bonds. The van der Waals surface area contributed by atoms with Crippen LogP contribution in [0.2, 0.25) is 0 Å². The van der Waals surface area contributed by atoms with Crippen molar-refractivity contribution in [3.8, 4) is 0 Å². The van der Waals surface area contributed by atoms with Crippen LogP contribution in [0.15, 0.2) is 0 Å². The van der Waals surface area contributed by atoms with Gasteiger partial charge in [-0.05, 0) is 13.0 Å². The quantitative estimate of drug-likeness (QED) is 0.586. The van der Waals surface area contributed by atoms with Gasteiger partial charge in [-0.1, -0.05) is 13.8 Å². The Kier molecular flexibility index (Phi) is 4.51. The van der Waals surface area contributed by atoms with Crippen LogP contribution >= 0.6 is 0 Å². The fourth-order valence-corrected chi connectivity index (χ4v) is 0.942. The smallest absolute Gasteiger partial charge is 0.328 e. The minimum Gasteiger partial charge on any atom is -0.480 e. The van der Waals surface area contributed by atoms with Gasteiger partial charge in [0.15, 0.2) is 11.8 Å². The van der Waals surface area contributed by atoms with Crippen LogP contribution in [0.25, 0.3) is 0 Å². The molecule has 0 aliphatic rings. The molecule has 0 rings (SSSR count). The first-order valence-electron chi connectivity index (χ1n) is 3.91. The molecule has 0 aromatic heterocycles. The molecule has 0 saturated carbocycles. The number of likely N-dealkylation sites (N-methyl/N-ethyl adjacent to an activating group) is 1. The lowest BCUT2D eigenvalue weighted by Crippen LogP contribution is -2.41. The summed E-state index contributed by atoms with van der Waals surface area (Å²) in [4.78, 5) is 21.7. The first-order chi connectivity index (χ1) is 5.49.